The first kappa shape index (κ1) is 24.1. The van der Waals surface area contributed by atoms with Gasteiger partial charge in [0.1, 0.15) is 17.0 Å². The van der Waals surface area contributed by atoms with Crippen molar-refractivity contribution in [3.63, 3.8) is 0 Å². The molecule has 0 aliphatic heterocycles. The van der Waals surface area contributed by atoms with Crippen molar-refractivity contribution < 1.29 is 22.7 Å². The zero-order valence-corrected chi connectivity index (χ0v) is 19.2. The first-order valence-corrected chi connectivity index (χ1v) is 11.8. The van der Waals surface area contributed by atoms with E-state index in [0.717, 1.165) is 0 Å². The SMILES string of the molecule is CNC(=O)NS(=O)(=O)c1ccc(CC(Cl)NC(=O)c2ccccc2Oc2ccccc2)cc1. The van der Waals surface area contributed by atoms with Gasteiger partial charge < -0.3 is 15.4 Å². The molecular formula is C23H22ClN3O5S. The number of urea groups is 1. The second-order valence-electron chi connectivity index (χ2n) is 6.88. The summed E-state index contributed by atoms with van der Waals surface area (Å²) in [5.41, 5.74) is 0.269. The van der Waals surface area contributed by atoms with E-state index in [-0.39, 0.29) is 11.3 Å². The molecule has 10 heteroatoms. The highest BCUT2D eigenvalue weighted by molar-refractivity contribution is 7.90. The highest BCUT2D eigenvalue weighted by Gasteiger charge is 2.19. The van der Waals surface area contributed by atoms with Crippen LogP contribution in [0.4, 0.5) is 4.79 Å². The molecule has 0 bridgehead atoms. The predicted octanol–water partition coefficient (Wildman–Crippen LogP) is 3.63. The number of carbonyl (C=O) groups excluding carboxylic acids is 2. The van der Waals surface area contributed by atoms with Gasteiger partial charge in [-0.15, -0.1) is 0 Å². The van der Waals surface area contributed by atoms with Crippen LogP contribution in [0.15, 0.2) is 83.8 Å². The standard InChI is InChI=1S/C23H22ClN3O5S/c1-25-23(29)27-33(30,31)18-13-11-16(12-14-18)15-21(24)26-22(28)19-9-5-6-10-20(19)32-17-7-3-2-4-8-17/h2-14,21H,15H2,1H3,(H,26,28)(H2,25,27,29). The fraction of sp³-hybridized carbons (Fsp3) is 0.130. The largest absolute Gasteiger partial charge is 0.457 e. The van der Waals surface area contributed by atoms with E-state index in [1.807, 2.05) is 22.9 Å². The Morgan fingerprint density at radius 2 is 1.58 bits per heavy atom. The van der Waals surface area contributed by atoms with Gasteiger partial charge in [0.2, 0.25) is 0 Å². The third-order valence-electron chi connectivity index (χ3n) is 4.49. The van der Waals surface area contributed by atoms with Crippen LogP contribution in [-0.4, -0.2) is 32.9 Å². The van der Waals surface area contributed by atoms with Gasteiger partial charge in [0.25, 0.3) is 15.9 Å². The van der Waals surface area contributed by atoms with Gasteiger partial charge in [0, 0.05) is 13.5 Å². The van der Waals surface area contributed by atoms with Crippen molar-refractivity contribution in [1.29, 1.82) is 0 Å². The molecule has 3 aromatic rings. The zero-order chi connectivity index (χ0) is 23.8. The number of para-hydroxylation sites is 2. The Bertz CT molecular complexity index is 1220. The zero-order valence-electron chi connectivity index (χ0n) is 17.6. The maximum atomic E-state index is 12.8. The van der Waals surface area contributed by atoms with Crippen molar-refractivity contribution in [1.82, 2.24) is 15.4 Å². The number of alkyl halides is 1. The van der Waals surface area contributed by atoms with Crippen molar-refractivity contribution in [2.45, 2.75) is 16.8 Å². The summed E-state index contributed by atoms with van der Waals surface area (Å²) in [6, 6.07) is 20.9. The van der Waals surface area contributed by atoms with Gasteiger partial charge in [-0.3, -0.25) is 4.79 Å². The van der Waals surface area contributed by atoms with E-state index in [9.17, 15) is 18.0 Å². The van der Waals surface area contributed by atoms with E-state index in [2.05, 4.69) is 10.6 Å². The number of amides is 3. The molecule has 172 valence electrons. The first-order chi connectivity index (χ1) is 15.8. The molecule has 33 heavy (non-hydrogen) atoms. The number of sulfonamides is 1. The average Bonchev–Trinajstić information content (AvgIpc) is 2.80. The molecule has 8 nitrogen and oxygen atoms in total. The van der Waals surface area contributed by atoms with Crippen LogP contribution in [0.2, 0.25) is 0 Å². The average molecular weight is 488 g/mol. The van der Waals surface area contributed by atoms with Crippen molar-refractivity contribution >= 4 is 33.6 Å². The first-order valence-electron chi connectivity index (χ1n) is 9.89. The highest BCUT2D eigenvalue weighted by Crippen LogP contribution is 2.25. The van der Waals surface area contributed by atoms with Crippen LogP contribution >= 0.6 is 11.6 Å². The number of rotatable bonds is 8. The van der Waals surface area contributed by atoms with Crippen LogP contribution in [0.5, 0.6) is 11.5 Å². The second-order valence-corrected chi connectivity index (χ2v) is 9.09. The Hall–Kier alpha value is -3.56. The minimum atomic E-state index is -3.98. The fourth-order valence-electron chi connectivity index (χ4n) is 2.87. The summed E-state index contributed by atoms with van der Waals surface area (Å²) in [6.07, 6.45) is 0.248. The molecule has 3 amide bonds. The lowest BCUT2D eigenvalue weighted by molar-refractivity contribution is 0.0946. The van der Waals surface area contributed by atoms with Gasteiger partial charge in [0.15, 0.2) is 0 Å². The molecule has 0 spiro atoms. The highest BCUT2D eigenvalue weighted by atomic mass is 35.5. The Kier molecular flexibility index (Phi) is 7.92. The summed E-state index contributed by atoms with van der Waals surface area (Å²) in [7, 11) is -2.67. The molecule has 1 unspecified atom stereocenters. The molecule has 1 atom stereocenters. The number of carbonyl (C=O) groups is 2. The van der Waals surface area contributed by atoms with Crippen LogP contribution in [0.1, 0.15) is 15.9 Å². The van der Waals surface area contributed by atoms with Crippen molar-refractivity contribution in [2.24, 2.45) is 0 Å². The second kappa shape index (κ2) is 10.8. The molecule has 0 saturated carbocycles. The summed E-state index contributed by atoms with van der Waals surface area (Å²) in [6.45, 7) is 0. The Balaban J connectivity index is 1.64. The molecule has 3 aromatic carbocycles. The summed E-state index contributed by atoms with van der Waals surface area (Å²) >= 11 is 6.33. The lowest BCUT2D eigenvalue weighted by Gasteiger charge is -2.15. The third kappa shape index (κ3) is 6.71. The molecule has 0 radical (unpaired) electrons. The summed E-state index contributed by atoms with van der Waals surface area (Å²) in [5, 5.41) is 4.89. The van der Waals surface area contributed by atoms with Crippen LogP contribution in [0.3, 0.4) is 0 Å². The lowest BCUT2D eigenvalue weighted by Crippen LogP contribution is -2.37. The molecule has 0 fully saturated rings. The minimum absolute atomic E-state index is 0.0722. The van der Waals surface area contributed by atoms with E-state index in [0.29, 0.717) is 22.6 Å². The number of benzene rings is 3. The van der Waals surface area contributed by atoms with Gasteiger partial charge >= 0.3 is 6.03 Å². The number of hydrogen-bond donors (Lipinski definition) is 3. The van der Waals surface area contributed by atoms with Gasteiger partial charge in [-0.25, -0.2) is 17.9 Å². The van der Waals surface area contributed by atoms with Gasteiger partial charge in [-0.2, -0.15) is 0 Å². The Morgan fingerprint density at radius 1 is 0.939 bits per heavy atom. The topological polar surface area (TPSA) is 114 Å². The molecule has 3 N–H and O–H groups in total. The van der Waals surface area contributed by atoms with Gasteiger partial charge in [-0.1, -0.05) is 54.1 Å². The van der Waals surface area contributed by atoms with Crippen molar-refractivity contribution in [3.8, 4) is 11.5 Å². The van der Waals surface area contributed by atoms with E-state index < -0.39 is 27.5 Å². The van der Waals surface area contributed by atoms with Crippen LogP contribution in [-0.2, 0) is 16.4 Å². The van der Waals surface area contributed by atoms with Gasteiger partial charge in [-0.05, 0) is 42.0 Å². The van der Waals surface area contributed by atoms with Crippen molar-refractivity contribution in [2.75, 3.05) is 7.05 Å². The third-order valence-corrected chi connectivity index (χ3v) is 6.10. The molecule has 3 rings (SSSR count). The normalized spacial score (nSPS) is 11.8. The van der Waals surface area contributed by atoms with Crippen LogP contribution in [0.25, 0.3) is 0 Å². The molecule has 0 aliphatic rings. The Morgan fingerprint density at radius 3 is 2.24 bits per heavy atom. The van der Waals surface area contributed by atoms with E-state index in [1.54, 1.807) is 48.5 Å². The molecule has 0 saturated heterocycles. The van der Waals surface area contributed by atoms with E-state index >= 15 is 0 Å². The fourth-order valence-corrected chi connectivity index (χ4v) is 4.11. The maximum Gasteiger partial charge on any atom is 0.328 e. The quantitative estimate of drug-likeness (QED) is 0.331. The number of ether oxygens (including phenoxy) is 1. The van der Waals surface area contributed by atoms with Crippen molar-refractivity contribution in [3.05, 3.63) is 90.0 Å². The maximum absolute atomic E-state index is 12.8. The predicted molar refractivity (Wildman–Crippen MR) is 125 cm³/mol. The molecule has 0 heterocycles. The monoisotopic (exact) mass is 487 g/mol. The minimum Gasteiger partial charge on any atom is -0.457 e. The molecule has 0 aliphatic carbocycles. The summed E-state index contributed by atoms with van der Waals surface area (Å²) < 4.78 is 32.0. The Labute approximate surface area is 197 Å². The van der Waals surface area contributed by atoms with E-state index in [4.69, 9.17) is 16.3 Å². The number of halogens is 1. The molecular weight excluding hydrogens is 466 g/mol. The lowest BCUT2D eigenvalue weighted by atomic mass is 10.1. The number of hydrogen-bond acceptors (Lipinski definition) is 5. The van der Waals surface area contributed by atoms with Gasteiger partial charge in [0.05, 0.1) is 10.5 Å². The van der Waals surface area contributed by atoms with Crippen LogP contribution < -0.4 is 20.1 Å². The van der Waals surface area contributed by atoms with Crippen LogP contribution in [0, 0.1) is 0 Å². The van der Waals surface area contributed by atoms with E-state index in [1.165, 1.54) is 19.2 Å². The number of nitrogens with one attached hydrogen (secondary N) is 3. The summed E-state index contributed by atoms with van der Waals surface area (Å²) in [4.78, 5) is 24.0. The molecule has 0 aromatic heterocycles. The smallest absolute Gasteiger partial charge is 0.328 e. The summed E-state index contributed by atoms with van der Waals surface area (Å²) in [5.74, 6) is 0.583.